The Morgan fingerprint density at radius 3 is 1.86 bits per heavy atom. The van der Waals surface area contributed by atoms with E-state index in [0.29, 0.717) is 0 Å². The minimum atomic E-state index is -0.286. The third-order valence-corrected chi connectivity index (χ3v) is 1.98. The molecule has 1 amide bonds. The molecular formula is C12H25NO. The summed E-state index contributed by atoms with van der Waals surface area (Å²) in [7, 11) is 0. The van der Waals surface area contributed by atoms with E-state index in [0.717, 1.165) is 6.42 Å². The molecule has 1 atom stereocenters. The minimum absolute atomic E-state index is 0.134. The Labute approximate surface area is 88.5 Å². The van der Waals surface area contributed by atoms with Gasteiger partial charge < -0.3 is 5.32 Å². The van der Waals surface area contributed by atoms with E-state index in [-0.39, 0.29) is 22.8 Å². The molecule has 0 heterocycles. The van der Waals surface area contributed by atoms with Crippen LogP contribution in [0.25, 0.3) is 0 Å². The Hall–Kier alpha value is -0.530. The summed E-state index contributed by atoms with van der Waals surface area (Å²) in [4.78, 5) is 11.6. The lowest BCUT2D eigenvalue weighted by Crippen LogP contribution is -2.41. The van der Waals surface area contributed by atoms with Crippen molar-refractivity contribution in [3.8, 4) is 0 Å². The molecule has 0 saturated heterocycles. The number of carbonyl (C=O) groups excluding carboxylic acids is 1. The number of nitrogens with one attached hydrogen (secondary N) is 1. The third kappa shape index (κ3) is 6.01. The second-order valence-corrected chi connectivity index (χ2v) is 6.39. The molecule has 14 heavy (non-hydrogen) atoms. The molecule has 0 aromatic heterocycles. The number of hydrogen-bond donors (Lipinski definition) is 1. The van der Waals surface area contributed by atoms with Crippen LogP contribution < -0.4 is 5.32 Å². The van der Waals surface area contributed by atoms with Gasteiger partial charge in [0, 0.05) is 11.5 Å². The first-order valence-electron chi connectivity index (χ1n) is 5.33. The van der Waals surface area contributed by atoms with E-state index < -0.39 is 0 Å². The number of rotatable bonds is 2. The van der Waals surface area contributed by atoms with E-state index in [1.165, 1.54) is 0 Å². The first-order valence-corrected chi connectivity index (χ1v) is 5.33. The lowest BCUT2D eigenvalue weighted by molar-refractivity contribution is -0.129. The maximum absolute atomic E-state index is 11.6. The normalized spacial score (nSPS) is 15.1. The van der Waals surface area contributed by atoms with Crippen molar-refractivity contribution >= 4 is 5.91 Å². The van der Waals surface area contributed by atoms with Crippen molar-refractivity contribution < 1.29 is 4.79 Å². The molecular weight excluding hydrogens is 174 g/mol. The molecule has 2 nitrogen and oxygen atoms in total. The zero-order valence-corrected chi connectivity index (χ0v) is 10.7. The van der Waals surface area contributed by atoms with Crippen LogP contribution >= 0.6 is 0 Å². The second kappa shape index (κ2) is 4.33. The van der Waals surface area contributed by atoms with Gasteiger partial charge >= 0.3 is 0 Å². The number of carbonyl (C=O) groups is 1. The van der Waals surface area contributed by atoms with Crippen LogP contribution in [-0.2, 0) is 4.79 Å². The van der Waals surface area contributed by atoms with E-state index in [4.69, 9.17) is 0 Å². The molecule has 0 aromatic rings. The summed E-state index contributed by atoms with van der Waals surface area (Å²) in [5.74, 6) is 0.134. The Kier molecular flexibility index (Phi) is 4.16. The highest BCUT2D eigenvalue weighted by molar-refractivity contribution is 5.81. The van der Waals surface area contributed by atoms with Gasteiger partial charge in [0.2, 0.25) is 5.91 Å². The Morgan fingerprint density at radius 2 is 1.57 bits per heavy atom. The van der Waals surface area contributed by atoms with E-state index in [9.17, 15) is 4.79 Å². The molecule has 0 aliphatic heterocycles. The largest absolute Gasteiger partial charge is 0.353 e. The van der Waals surface area contributed by atoms with E-state index >= 15 is 0 Å². The highest BCUT2D eigenvalue weighted by Crippen LogP contribution is 2.21. The summed E-state index contributed by atoms with van der Waals surface area (Å²) in [6.07, 6.45) is 1.01. The summed E-state index contributed by atoms with van der Waals surface area (Å²) in [6, 6.07) is 0.252. The second-order valence-electron chi connectivity index (χ2n) is 6.39. The van der Waals surface area contributed by atoms with Crippen molar-refractivity contribution in [2.24, 2.45) is 10.8 Å². The van der Waals surface area contributed by atoms with Crippen LogP contribution in [0.4, 0.5) is 0 Å². The molecule has 0 aromatic carbocycles. The SMILES string of the molecule is C[C@H](CC(C)(C)C)NC(=O)C(C)(C)C. The van der Waals surface area contributed by atoms with Gasteiger partial charge in [0.25, 0.3) is 0 Å². The summed E-state index contributed by atoms with van der Waals surface area (Å²) in [5, 5.41) is 3.04. The molecule has 0 aliphatic rings. The summed E-state index contributed by atoms with van der Waals surface area (Å²) in [5.41, 5.74) is -0.0171. The predicted octanol–water partition coefficient (Wildman–Crippen LogP) is 2.97. The molecule has 1 N–H and O–H groups in total. The first-order chi connectivity index (χ1) is 6.02. The molecule has 0 rings (SSSR count). The maximum atomic E-state index is 11.6. The standard InChI is InChI=1S/C12H25NO/c1-9(8-11(2,3)4)13-10(14)12(5,6)7/h9H,8H2,1-7H3,(H,13,14)/t9-/m1/s1. The van der Waals surface area contributed by atoms with Gasteiger partial charge in [-0.25, -0.2) is 0 Å². The van der Waals surface area contributed by atoms with Crippen LogP contribution in [0.2, 0.25) is 0 Å². The lowest BCUT2D eigenvalue weighted by atomic mass is 9.88. The summed E-state index contributed by atoms with van der Waals surface area (Å²) >= 11 is 0. The van der Waals surface area contributed by atoms with Gasteiger partial charge in [-0.1, -0.05) is 41.5 Å². The molecule has 0 fully saturated rings. The monoisotopic (exact) mass is 199 g/mol. The fraction of sp³-hybridized carbons (Fsp3) is 0.917. The predicted molar refractivity (Wildman–Crippen MR) is 61.1 cm³/mol. The van der Waals surface area contributed by atoms with Gasteiger partial charge in [-0.2, -0.15) is 0 Å². The smallest absolute Gasteiger partial charge is 0.225 e. The van der Waals surface area contributed by atoms with Crippen LogP contribution in [0.5, 0.6) is 0 Å². The zero-order chi connectivity index (χ0) is 11.6. The summed E-state index contributed by atoms with van der Waals surface area (Å²) < 4.78 is 0. The third-order valence-electron chi connectivity index (χ3n) is 1.98. The Bertz CT molecular complexity index is 195. The van der Waals surface area contributed by atoms with E-state index in [1.54, 1.807) is 0 Å². The van der Waals surface area contributed by atoms with Gasteiger partial charge in [0.1, 0.15) is 0 Å². The van der Waals surface area contributed by atoms with Crippen molar-refractivity contribution in [2.75, 3.05) is 0 Å². The van der Waals surface area contributed by atoms with Crippen LogP contribution in [0.15, 0.2) is 0 Å². The Morgan fingerprint density at radius 1 is 1.14 bits per heavy atom. The molecule has 0 spiro atoms. The highest BCUT2D eigenvalue weighted by atomic mass is 16.2. The fourth-order valence-corrected chi connectivity index (χ4v) is 1.41. The highest BCUT2D eigenvalue weighted by Gasteiger charge is 2.24. The first kappa shape index (κ1) is 13.5. The van der Waals surface area contributed by atoms with E-state index in [2.05, 4.69) is 33.0 Å². The Balaban J connectivity index is 4.09. The van der Waals surface area contributed by atoms with Crippen LogP contribution in [0.1, 0.15) is 54.9 Å². The van der Waals surface area contributed by atoms with Crippen molar-refractivity contribution in [2.45, 2.75) is 60.9 Å². The van der Waals surface area contributed by atoms with Gasteiger partial charge in [-0.15, -0.1) is 0 Å². The number of amides is 1. The molecule has 2 heteroatoms. The van der Waals surface area contributed by atoms with Crippen LogP contribution in [0.3, 0.4) is 0 Å². The zero-order valence-electron chi connectivity index (χ0n) is 10.7. The minimum Gasteiger partial charge on any atom is -0.353 e. The van der Waals surface area contributed by atoms with Crippen molar-refractivity contribution in [1.82, 2.24) is 5.32 Å². The van der Waals surface area contributed by atoms with Crippen molar-refractivity contribution in [1.29, 1.82) is 0 Å². The quantitative estimate of drug-likeness (QED) is 0.728. The number of hydrogen-bond acceptors (Lipinski definition) is 1. The van der Waals surface area contributed by atoms with Gasteiger partial charge in [0.15, 0.2) is 0 Å². The van der Waals surface area contributed by atoms with Crippen molar-refractivity contribution in [3.63, 3.8) is 0 Å². The molecule has 0 radical (unpaired) electrons. The maximum Gasteiger partial charge on any atom is 0.225 e. The van der Waals surface area contributed by atoms with Gasteiger partial charge in [0.05, 0.1) is 0 Å². The fourth-order valence-electron chi connectivity index (χ4n) is 1.41. The van der Waals surface area contributed by atoms with Crippen LogP contribution in [0, 0.1) is 10.8 Å². The van der Waals surface area contributed by atoms with Gasteiger partial charge in [-0.3, -0.25) is 4.79 Å². The van der Waals surface area contributed by atoms with Crippen LogP contribution in [-0.4, -0.2) is 11.9 Å². The average molecular weight is 199 g/mol. The van der Waals surface area contributed by atoms with E-state index in [1.807, 2.05) is 20.8 Å². The lowest BCUT2D eigenvalue weighted by Gasteiger charge is -2.27. The molecule has 0 bridgehead atoms. The van der Waals surface area contributed by atoms with Gasteiger partial charge in [-0.05, 0) is 18.8 Å². The molecule has 0 aliphatic carbocycles. The average Bonchev–Trinajstić information content (AvgIpc) is 1.79. The van der Waals surface area contributed by atoms with Crippen molar-refractivity contribution in [3.05, 3.63) is 0 Å². The molecule has 84 valence electrons. The topological polar surface area (TPSA) is 29.1 Å². The molecule has 0 unspecified atom stereocenters. The molecule has 0 saturated carbocycles. The summed E-state index contributed by atoms with van der Waals surface area (Å²) in [6.45, 7) is 14.4.